The molecule has 0 radical (unpaired) electrons. The molecule has 1 aliphatic rings. The first kappa shape index (κ1) is 59.3. The van der Waals surface area contributed by atoms with Crippen molar-refractivity contribution in [1.29, 1.82) is 0 Å². The van der Waals surface area contributed by atoms with Gasteiger partial charge in [-0.15, -0.1) is 0 Å². The molecular weight excluding hydrogens is 891 g/mol. The van der Waals surface area contributed by atoms with E-state index >= 15 is 0 Å². The lowest BCUT2D eigenvalue weighted by atomic mass is 9.98. The summed E-state index contributed by atoms with van der Waals surface area (Å²) in [4.78, 5) is 109. The average molecular weight is 970 g/mol. The Morgan fingerprint density at radius 1 is 0.797 bits per heavy atom. The SMILES string of the molecule is CCCCCC/C=C\CC(=O)N[C@H](C(=O)N[C@H](C(=O)N[C@@H](CO)[C@@H](O)CC(=O)N[C@H](C(=O)N[C@@H]1/C=C/C(=O)N[C@@H](C(C)C)C(=O)N(C)[C@@H](Cc2ccc(O)cc2)C(=O)OC1)C(C)C)C(C)C)C(C)C. The smallest absolute Gasteiger partial charge is 0.329 e. The van der Waals surface area contributed by atoms with Crippen molar-refractivity contribution in [3.05, 3.63) is 54.1 Å². The Bertz CT molecular complexity index is 1920. The van der Waals surface area contributed by atoms with Crippen LogP contribution in [0.15, 0.2) is 48.6 Å². The van der Waals surface area contributed by atoms with Crippen LogP contribution in [-0.4, -0.2) is 136 Å². The topological polar surface area (TPSA) is 282 Å². The summed E-state index contributed by atoms with van der Waals surface area (Å²) in [5.41, 5.74) is 0.610. The normalized spacial score (nSPS) is 19.7. The fourth-order valence-corrected chi connectivity index (χ4v) is 7.39. The molecule has 0 aliphatic carbocycles. The molecule has 0 saturated heterocycles. The molecule has 1 aliphatic heterocycles. The Balaban J connectivity index is 2.16. The number of aromatic hydroxyl groups is 1. The Hall–Kier alpha value is -5.82. The van der Waals surface area contributed by atoms with Crippen molar-refractivity contribution in [3.8, 4) is 5.75 Å². The second-order valence-corrected chi connectivity index (χ2v) is 19.1. The summed E-state index contributed by atoms with van der Waals surface area (Å²) in [6, 6.07) is -1.89. The zero-order valence-electron chi connectivity index (χ0n) is 42.1. The van der Waals surface area contributed by atoms with E-state index in [1.807, 2.05) is 6.08 Å². The predicted octanol–water partition coefficient (Wildman–Crippen LogP) is 2.07. The first-order valence-corrected chi connectivity index (χ1v) is 24.1. The van der Waals surface area contributed by atoms with E-state index < -0.39 is 121 Å². The van der Waals surface area contributed by atoms with Crippen LogP contribution < -0.4 is 31.9 Å². The van der Waals surface area contributed by atoms with Crippen LogP contribution in [0.25, 0.3) is 0 Å². The molecule has 9 N–H and O–H groups in total. The number of aliphatic hydroxyl groups is 2. The van der Waals surface area contributed by atoms with E-state index in [-0.39, 0.29) is 36.3 Å². The molecule has 19 nitrogen and oxygen atoms in total. The van der Waals surface area contributed by atoms with Gasteiger partial charge in [-0.05, 0) is 54.2 Å². The molecule has 0 spiro atoms. The highest BCUT2D eigenvalue weighted by molar-refractivity contribution is 5.95. The van der Waals surface area contributed by atoms with Crippen LogP contribution >= 0.6 is 0 Å². The van der Waals surface area contributed by atoms with E-state index in [0.29, 0.717) is 5.56 Å². The molecule has 0 bridgehead atoms. The first-order chi connectivity index (χ1) is 32.5. The van der Waals surface area contributed by atoms with E-state index in [0.717, 1.165) is 38.2 Å². The Morgan fingerprint density at radius 2 is 1.38 bits per heavy atom. The first-order valence-electron chi connectivity index (χ1n) is 24.1. The molecule has 0 fully saturated rings. The molecule has 2 rings (SSSR count). The van der Waals surface area contributed by atoms with Gasteiger partial charge in [0.1, 0.15) is 42.6 Å². The average Bonchev–Trinajstić information content (AvgIpc) is 3.28. The van der Waals surface area contributed by atoms with Crippen LogP contribution in [0.5, 0.6) is 5.75 Å². The van der Waals surface area contributed by atoms with Gasteiger partial charge in [-0.1, -0.05) is 112 Å². The number of carbonyl (C=O) groups is 8. The molecule has 0 aromatic heterocycles. The van der Waals surface area contributed by atoms with Gasteiger partial charge in [0, 0.05) is 26.0 Å². The highest BCUT2D eigenvalue weighted by atomic mass is 16.5. The van der Waals surface area contributed by atoms with E-state index in [2.05, 4.69) is 38.8 Å². The van der Waals surface area contributed by atoms with Crippen molar-refractivity contribution in [2.24, 2.45) is 23.7 Å². The molecule has 19 heteroatoms. The number of rotatable bonds is 25. The summed E-state index contributed by atoms with van der Waals surface area (Å²) in [5.74, 6) is -6.93. The molecular formula is C50H79N7O12. The number of nitrogens with one attached hydrogen (secondary N) is 6. The van der Waals surface area contributed by atoms with Gasteiger partial charge < -0.3 is 56.9 Å². The summed E-state index contributed by atoms with van der Waals surface area (Å²) >= 11 is 0. The van der Waals surface area contributed by atoms with E-state index in [1.54, 1.807) is 73.6 Å². The molecule has 0 unspecified atom stereocenters. The number of esters is 1. The molecule has 0 saturated carbocycles. The summed E-state index contributed by atoms with van der Waals surface area (Å²) in [5, 5.41) is 47.0. The van der Waals surface area contributed by atoms with Gasteiger partial charge in [0.05, 0.1) is 31.2 Å². The Kier molecular flexibility index (Phi) is 25.7. The molecule has 1 aromatic rings. The van der Waals surface area contributed by atoms with E-state index in [4.69, 9.17) is 4.74 Å². The van der Waals surface area contributed by atoms with Gasteiger partial charge in [-0.25, -0.2) is 4.79 Å². The summed E-state index contributed by atoms with van der Waals surface area (Å²) in [6.45, 7) is 14.5. The van der Waals surface area contributed by atoms with Gasteiger partial charge in [0.2, 0.25) is 41.4 Å². The van der Waals surface area contributed by atoms with Crippen LogP contribution in [0.4, 0.5) is 0 Å². The number of benzene rings is 1. The third kappa shape index (κ3) is 20.4. The van der Waals surface area contributed by atoms with Crippen molar-refractivity contribution in [3.63, 3.8) is 0 Å². The summed E-state index contributed by atoms with van der Waals surface area (Å²) < 4.78 is 5.65. The predicted molar refractivity (Wildman–Crippen MR) is 260 cm³/mol. The Morgan fingerprint density at radius 3 is 1.96 bits per heavy atom. The lowest BCUT2D eigenvalue weighted by Crippen LogP contribution is -2.59. The number of carbonyl (C=O) groups excluding carboxylic acids is 8. The number of hydrogen-bond donors (Lipinski definition) is 9. The third-order valence-corrected chi connectivity index (χ3v) is 11.8. The fourth-order valence-electron chi connectivity index (χ4n) is 7.39. The van der Waals surface area contributed by atoms with Crippen molar-refractivity contribution >= 4 is 47.3 Å². The van der Waals surface area contributed by atoms with Crippen LogP contribution in [0, 0.1) is 23.7 Å². The minimum absolute atomic E-state index is 0.00732. The zero-order valence-corrected chi connectivity index (χ0v) is 42.1. The lowest BCUT2D eigenvalue weighted by molar-refractivity contribution is -0.156. The maximum atomic E-state index is 13.8. The second-order valence-electron chi connectivity index (χ2n) is 19.1. The summed E-state index contributed by atoms with van der Waals surface area (Å²) in [7, 11) is 1.42. The molecule has 386 valence electrons. The van der Waals surface area contributed by atoms with Crippen molar-refractivity contribution in [1.82, 2.24) is 36.8 Å². The number of unbranched alkanes of at least 4 members (excludes halogenated alkanes) is 4. The standard InChI is InChI=1S/C50H79N7O12/c1-11-12-13-14-15-16-17-18-39(61)53-43(30(4)5)48(66)56-44(31(6)7)47(65)52-36(27-58)38(60)26-41(63)55-42(29(2)3)46(64)51-34-21-24-40(62)54-45(32(8)9)49(67)57(10)37(50(68)69-28-34)25-33-19-22-35(59)23-20-33/h16-17,19-24,29-32,34,36-38,42-45,58-60H,11-15,18,25-28H2,1-10H3,(H,51,64)(H,52,65)(H,53,61)(H,54,62)(H,55,63)(H,56,66)/b17-16-,24-21+/t34-,36+,37+,38+,42+,43+,44+,45+/m1/s1. The number of phenols is 1. The molecule has 69 heavy (non-hydrogen) atoms. The number of cyclic esters (lactones) is 1. The van der Waals surface area contributed by atoms with Gasteiger partial charge in [-0.2, -0.15) is 0 Å². The summed E-state index contributed by atoms with van der Waals surface area (Å²) in [6.07, 6.45) is 9.18. The van der Waals surface area contributed by atoms with E-state index in [1.165, 1.54) is 30.2 Å². The fraction of sp³-hybridized carbons (Fsp3) is 0.640. The second kappa shape index (κ2) is 29.9. The van der Waals surface area contributed by atoms with Crippen LogP contribution in [0.1, 0.15) is 113 Å². The number of allylic oxidation sites excluding steroid dienone is 1. The molecule has 8 atom stereocenters. The number of ether oxygens (including phenoxy) is 1. The molecule has 7 amide bonds. The Labute approximate surface area is 407 Å². The lowest BCUT2D eigenvalue weighted by Gasteiger charge is -2.32. The minimum Gasteiger partial charge on any atom is -0.508 e. The maximum absolute atomic E-state index is 13.8. The van der Waals surface area contributed by atoms with Gasteiger partial charge in [0.25, 0.3) is 0 Å². The maximum Gasteiger partial charge on any atom is 0.329 e. The molecule has 1 aromatic carbocycles. The van der Waals surface area contributed by atoms with Gasteiger partial charge >= 0.3 is 5.97 Å². The van der Waals surface area contributed by atoms with Crippen molar-refractivity contribution < 1.29 is 58.4 Å². The monoisotopic (exact) mass is 970 g/mol. The number of hydrogen-bond acceptors (Lipinski definition) is 12. The molecule has 1 heterocycles. The number of amides is 7. The van der Waals surface area contributed by atoms with Crippen molar-refractivity contribution in [2.45, 2.75) is 162 Å². The number of likely N-dealkylation sites (N-methyl/N-ethyl adjacent to an activating group) is 1. The van der Waals surface area contributed by atoms with Crippen LogP contribution in [-0.2, 0) is 49.5 Å². The third-order valence-electron chi connectivity index (χ3n) is 11.8. The number of aliphatic hydroxyl groups excluding tert-OH is 2. The highest BCUT2D eigenvalue weighted by Gasteiger charge is 2.37. The van der Waals surface area contributed by atoms with E-state index in [9.17, 15) is 53.7 Å². The minimum atomic E-state index is -1.65. The van der Waals surface area contributed by atoms with Gasteiger partial charge in [-0.3, -0.25) is 33.6 Å². The largest absolute Gasteiger partial charge is 0.508 e. The number of phenolic OH excluding ortho intramolecular Hbond substituents is 1. The zero-order chi connectivity index (χ0) is 52.0. The highest BCUT2D eigenvalue weighted by Crippen LogP contribution is 2.18. The number of nitrogens with zero attached hydrogens (tertiary/aromatic N) is 1. The van der Waals surface area contributed by atoms with Crippen molar-refractivity contribution in [2.75, 3.05) is 20.3 Å². The van der Waals surface area contributed by atoms with Crippen LogP contribution in [0.3, 0.4) is 0 Å². The van der Waals surface area contributed by atoms with Crippen LogP contribution in [0.2, 0.25) is 0 Å². The van der Waals surface area contributed by atoms with Gasteiger partial charge in [0.15, 0.2) is 0 Å². The quantitative estimate of drug-likeness (QED) is 0.0387.